The van der Waals surface area contributed by atoms with E-state index in [1.165, 1.54) is 0 Å². The molecule has 0 fully saturated rings. The van der Waals surface area contributed by atoms with Gasteiger partial charge in [0.15, 0.2) is 0 Å². The largest absolute Gasteiger partial charge is 0.521 e. The zero-order valence-electron chi connectivity index (χ0n) is 5.70. The summed E-state index contributed by atoms with van der Waals surface area (Å²) in [7, 11) is 1.61. The Labute approximate surface area is 83.5 Å². The van der Waals surface area contributed by atoms with Crippen LogP contribution in [0.4, 0.5) is 0 Å². The van der Waals surface area contributed by atoms with Crippen LogP contribution in [0.25, 0.3) is 0 Å². The van der Waals surface area contributed by atoms with Crippen molar-refractivity contribution in [2.24, 2.45) is 0 Å². The molecule has 0 radical (unpaired) electrons. The summed E-state index contributed by atoms with van der Waals surface area (Å²) in [6.07, 6.45) is 4.25. The molecule has 0 aliphatic carbocycles. The first-order chi connectivity index (χ1) is 3.93. The molecular formula is C6H7BrNOZn-. The van der Waals surface area contributed by atoms with E-state index >= 15 is 0 Å². The van der Waals surface area contributed by atoms with E-state index in [9.17, 15) is 0 Å². The van der Waals surface area contributed by atoms with Gasteiger partial charge in [-0.25, -0.2) is 0 Å². The summed E-state index contributed by atoms with van der Waals surface area (Å²) in [4.78, 5) is 3.71. The van der Waals surface area contributed by atoms with Crippen LogP contribution in [0.3, 0.4) is 0 Å². The fraction of sp³-hybridized carbons (Fsp3) is 0.167. The van der Waals surface area contributed by atoms with Crippen molar-refractivity contribution in [3.8, 4) is 5.75 Å². The van der Waals surface area contributed by atoms with Crippen molar-refractivity contribution in [2.75, 3.05) is 7.11 Å². The molecule has 0 atom stereocenters. The molecule has 1 aromatic heterocycles. The van der Waals surface area contributed by atoms with E-state index in [0.717, 1.165) is 5.75 Å². The second-order valence-electron chi connectivity index (χ2n) is 1.33. The maximum absolute atomic E-state index is 4.83. The number of nitrogens with zero attached hydrogens (tertiary/aromatic N) is 1. The number of halogens is 1. The predicted octanol–water partition coefficient (Wildman–Crippen LogP) is 1.47. The van der Waals surface area contributed by atoms with Gasteiger partial charge < -0.3 is 9.72 Å². The Hall–Kier alpha value is 0.0534. The van der Waals surface area contributed by atoms with Gasteiger partial charge in [0, 0.05) is 25.2 Å². The van der Waals surface area contributed by atoms with Crippen molar-refractivity contribution < 1.29 is 24.2 Å². The second-order valence-corrected chi connectivity index (χ2v) is 1.33. The number of methoxy groups -OCH3 is 1. The minimum Gasteiger partial charge on any atom is -0.521 e. The van der Waals surface area contributed by atoms with Crippen LogP contribution in [-0.2, 0) is 19.5 Å². The van der Waals surface area contributed by atoms with Gasteiger partial charge in [-0.2, -0.15) is 6.07 Å². The molecule has 52 valence electrons. The zero-order chi connectivity index (χ0) is 5.82. The molecule has 0 saturated carbocycles. The van der Waals surface area contributed by atoms with Crippen LogP contribution in [0.2, 0.25) is 0 Å². The molecule has 1 heterocycles. The number of pyridine rings is 1. The van der Waals surface area contributed by atoms with Crippen LogP contribution in [0.5, 0.6) is 5.75 Å². The van der Waals surface area contributed by atoms with Crippen LogP contribution >= 0.6 is 17.0 Å². The van der Waals surface area contributed by atoms with Crippen LogP contribution in [0.15, 0.2) is 18.3 Å². The maximum atomic E-state index is 4.83. The van der Waals surface area contributed by atoms with E-state index in [0.29, 0.717) is 0 Å². The number of hydrogen-bond donors (Lipinski definition) is 0. The zero-order valence-corrected chi connectivity index (χ0v) is 10.4. The average molecular weight is 254 g/mol. The Kier molecular flexibility index (Phi) is 9.10. The van der Waals surface area contributed by atoms with Gasteiger partial charge in [0.25, 0.3) is 0 Å². The van der Waals surface area contributed by atoms with Crippen molar-refractivity contribution in [2.45, 2.75) is 0 Å². The van der Waals surface area contributed by atoms with Gasteiger partial charge in [-0.15, -0.1) is 23.0 Å². The number of hydrogen-bond acceptors (Lipinski definition) is 2. The second kappa shape index (κ2) is 7.16. The summed E-state index contributed by atoms with van der Waals surface area (Å²) in [6, 6.07) is 3.51. The molecule has 4 heteroatoms. The summed E-state index contributed by atoms with van der Waals surface area (Å²) < 4.78 is 4.83. The van der Waals surface area contributed by atoms with E-state index in [1.54, 1.807) is 25.4 Å². The quantitative estimate of drug-likeness (QED) is 0.559. The molecule has 2 nitrogen and oxygen atoms in total. The van der Waals surface area contributed by atoms with Gasteiger partial charge in [-0.3, -0.25) is 0 Å². The Balaban J connectivity index is 0. The van der Waals surface area contributed by atoms with Crippen molar-refractivity contribution in [1.29, 1.82) is 0 Å². The molecule has 0 saturated heterocycles. The summed E-state index contributed by atoms with van der Waals surface area (Å²) in [6.45, 7) is 0. The summed E-state index contributed by atoms with van der Waals surface area (Å²) in [5.74, 6) is 0.767. The van der Waals surface area contributed by atoms with Gasteiger partial charge in [0.05, 0.1) is 7.11 Å². The summed E-state index contributed by atoms with van der Waals surface area (Å²) >= 11 is 0. The molecule has 0 N–H and O–H groups in total. The Morgan fingerprint density at radius 2 is 2.30 bits per heavy atom. The van der Waals surface area contributed by atoms with Crippen LogP contribution < -0.4 is 4.74 Å². The van der Waals surface area contributed by atoms with Crippen LogP contribution in [-0.4, -0.2) is 12.1 Å². The molecule has 0 aliphatic heterocycles. The fourth-order valence-corrected chi connectivity index (χ4v) is 0.427. The van der Waals surface area contributed by atoms with Crippen molar-refractivity contribution in [3.05, 3.63) is 24.5 Å². The minimum atomic E-state index is 0. The van der Waals surface area contributed by atoms with Crippen molar-refractivity contribution >= 4 is 17.0 Å². The SMILES string of the molecule is Br.COc1cc[c-]nc1.[Zn]. The molecule has 0 unspecified atom stereocenters. The van der Waals surface area contributed by atoms with Gasteiger partial charge in [0.1, 0.15) is 0 Å². The number of ether oxygens (including phenoxy) is 1. The van der Waals surface area contributed by atoms with Gasteiger partial charge >= 0.3 is 0 Å². The van der Waals surface area contributed by atoms with Gasteiger partial charge in [-0.05, 0) is 6.20 Å². The molecule has 0 amide bonds. The number of aromatic nitrogens is 1. The minimum absolute atomic E-state index is 0. The maximum Gasteiger partial charge on any atom is 0.0744 e. The standard InChI is InChI=1S/C6H6NO.BrH.Zn/c1-8-6-3-2-4-7-5-6;;/h2-3,5H,1H3;1H;/q-1;;. The first kappa shape index (κ1) is 12.7. The van der Waals surface area contributed by atoms with E-state index in [4.69, 9.17) is 4.74 Å². The molecule has 1 rings (SSSR count). The number of rotatable bonds is 1. The predicted molar refractivity (Wildman–Crippen MR) is 39.9 cm³/mol. The molecule has 0 aliphatic rings. The van der Waals surface area contributed by atoms with E-state index in [2.05, 4.69) is 11.2 Å². The first-order valence-corrected chi connectivity index (χ1v) is 2.29. The van der Waals surface area contributed by atoms with Crippen LogP contribution in [0, 0.1) is 6.20 Å². The molecular weight excluding hydrogens is 247 g/mol. The Bertz CT molecular complexity index is 159. The Morgan fingerprint density at radius 1 is 1.60 bits per heavy atom. The normalized spacial score (nSPS) is 6.90. The van der Waals surface area contributed by atoms with Gasteiger partial charge in [-0.1, -0.05) is 6.20 Å². The molecule has 0 bridgehead atoms. The first-order valence-electron chi connectivity index (χ1n) is 2.29. The third-order valence-electron chi connectivity index (χ3n) is 0.824. The molecule has 0 spiro atoms. The smallest absolute Gasteiger partial charge is 0.0744 e. The summed E-state index contributed by atoms with van der Waals surface area (Å²) in [5, 5.41) is 0. The summed E-state index contributed by atoms with van der Waals surface area (Å²) in [5.41, 5.74) is 0. The topological polar surface area (TPSA) is 22.1 Å². The third-order valence-corrected chi connectivity index (χ3v) is 0.824. The average Bonchev–Trinajstić information content (AvgIpc) is 1.90. The van der Waals surface area contributed by atoms with Crippen molar-refractivity contribution in [3.63, 3.8) is 0 Å². The monoisotopic (exact) mass is 252 g/mol. The van der Waals surface area contributed by atoms with E-state index in [-0.39, 0.29) is 36.5 Å². The fourth-order valence-electron chi connectivity index (χ4n) is 0.427. The molecule has 0 aromatic carbocycles. The van der Waals surface area contributed by atoms with E-state index in [1.807, 2.05) is 0 Å². The van der Waals surface area contributed by atoms with Gasteiger partial charge in [0.2, 0.25) is 0 Å². The molecule has 10 heavy (non-hydrogen) atoms. The third kappa shape index (κ3) is 3.96. The van der Waals surface area contributed by atoms with E-state index < -0.39 is 0 Å². The van der Waals surface area contributed by atoms with Crippen LogP contribution in [0.1, 0.15) is 0 Å². The molecule has 1 aromatic rings. The Morgan fingerprint density at radius 3 is 2.60 bits per heavy atom. The van der Waals surface area contributed by atoms with Crippen molar-refractivity contribution in [1.82, 2.24) is 4.98 Å².